The zero-order valence-corrected chi connectivity index (χ0v) is 24.0. The Hall–Kier alpha value is -4.14. The SMILES string of the molecule is COc1nc(N)nc2c1ncn2[C@@H]1O[C@H](COP(=O)(N[C@@H](C)C(=O)OCc2ccccc2)Oc2ccccc2)[C@@H](O)[C@H]1F. The standard InChI is InChI=1S/C27H30FN6O8P/c1-16(26(36)39-13-17-9-5-3-6-10-17)33-43(37,42-18-11-7-4-8-12-18)40-14-19-22(35)20(28)25(41-19)34-15-30-21-23(34)31-27(29)32-24(21)38-2/h3-12,15-16,19-20,22,25,35H,13-14H2,1-2H3,(H,33,37)(H2,29,31,32)/t16-,19+,20+,22+,25+,43?/m0/s1. The van der Waals surface area contributed by atoms with E-state index in [0.29, 0.717) is 0 Å². The van der Waals surface area contributed by atoms with E-state index in [2.05, 4.69) is 20.0 Å². The molecule has 1 aliphatic heterocycles. The van der Waals surface area contributed by atoms with Crippen molar-refractivity contribution in [3.05, 3.63) is 72.6 Å². The van der Waals surface area contributed by atoms with E-state index in [1.807, 2.05) is 18.2 Å². The quantitative estimate of drug-likeness (QED) is 0.156. The number of fused-ring (bicyclic) bond motifs is 1. The van der Waals surface area contributed by atoms with Gasteiger partial charge in [0, 0.05) is 0 Å². The van der Waals surface area contributed by atoms with Crippen molar-refractivity contribution >= 4 is 30.8 Å². The molecular weight excluding hydrogens is 586 g/mol. The minimum atomic E-state index is -4.32. The van der Waals surface area contributed by atoms with Crippen LogP contribution in [0.15, 0.2) is 67.0 Å². The number of aliphatic hydroxyl groups is 1. The number of anilines is 1. The second-order valence-corrected chi connectivity index (χ2v) is 11.3. The Morgan fingerprint density at radius 1 is 1.19 bits per heavy atom. The fourth-order valence-electron chi connectivity index (χ4n) is 4.33. The van der Waals surface area contributed by atoms with Crippen molar-refractivity contribution in [2.45, 2.75) is 44.2 Å². The number of ether oxygens (including phenoxy) is 3. The highest BCUT2D eigenvalue weighted by atomic mass is 31.2. The Labute approximate surface area is 245 Å². The van der Waals surface area contributed by atoms with Gasteiger partial charge in [-0.2, -0.15) is 15.1 Å². The number of alkyl halides is 1. The second kappa shape index (κ2) is 13.0. The average Bonchev–Trinajstić information content (AvgIpc) is 3.55. The first-order chi connectivity index (χ1) is 20.7. The van der Waals surface area contributed by atoms with E-state index in [0.717, 1.165) is 5.56 Å². The molecule has 2 aromatic carbocycles. The summed E-state index contributed by atoms with van der Waals surface area (Å²) in [5, 5.41) is 13.2. The van der Waals surface area contributed by atoms with Gasteiger partial charge in [-0.25, -0.2) is 13.9 Å². The summed E-state index contributed by atoms with van der Waals surface area (Å²) in [6, 6.07) is 16.0. The van der Waals surface area contributed by atoms with Gasteiger partial charge < -0.3 is 29.6 Å². The molecule has 1 unspecified atom stereocenters. The number of benzene rings is 2. The maximum absolute atomic E-state index is 15.4. The molecule has 1 saturated heterocycles. The number of halogens is 1. The first-order valence-electron chi connectivity index (χ1n) is 13.2. The van der Waals surface area contributed by atoms with Gasteiger partial charge in [-0.05, 0) is 24.6 Å². The van der Waals surface area contributed by atoms with Crippen molar-refractivity contribution in [1.29, 1.82) is 0 Å². The topological polar surface area (TPSA) is 182 Å². The maximum atomic E-state index is 15.4. The van der Waals surface area contributed by atoms with Crippen LogP contribution in [-0.4, -0.2) is 68.7 Å². The number of aliphatic hydroxyl groups excluding tert-OH is 1. The molecule has 6 atom stereocenters. The zero-order chi connectivity index (χ0) is 30.6. The smallest absolute Gasteiger partial charge is 0.459 e. The Morgan fingerprint density at radius 3 is 2.58 bits per heavy atom. The van der Waals surface area contributed by atoms with Gasteiger partial charge in [0.1, 0.15) is 30.6 Å². The number of carbonyl (C=O) groups excluding carboxylic acids is 1. The van der Waals surface area contributed by atoms with Crippen molar-refractivity contribution in [1.82, 2.24) is 24.6 Å². The van der Waals surface area contributed by atoms with Gasteiger partial charge in [0.2, 0.25) is 11.8 Å². The molecule has 14 nitrogen and oxygen atoms in total. The van der Waals surface area contributed by atoms with Gasteiger partial charge in [-0.1, -0.05) is 48.5 Å². The van der Waals surface area contributed by atoms with Crippen LogP contribution in [0.2, 0.25) is 0 Å². The Balaban J connectivity index is 1.29. The first-order valence-corrected chi connectivity index (χ1v) is 14.7. The number of carbonyl (C=O) groups is 1. The average molecular weight is 617 g/mol. The number of aromatic nitrogens is 4. The largest absolute Gasteiger partial charge is 0.479 e. The van der Waals surface area contributed by atoms with E-state index >= 15 is 4.39 Å². The molecule has 0 saturated carbocycles. The number of hydrogen-bond acceptors (Lipinski definition) is 12. The van der Waals surface area contributed by atoms with Crippen LogP contribution in [0, 0.1) is 0 Å². The van der Waals surface area contributed by atoms with Gasteiger partial charge in [0.25, 0.3) is 0 Å². The normalized spacial score (nSPS) is 22.1. The molecule has 2 aromatic heterocycles. The summed E-state index contributed by atoms with van der Waals surface area (Å²) in [5.41, 5.74) is 6.85. The van der Waals surface area contributed by atoms with Crippen LogP contribution in [0.1, 0.15) is 18.7 Å². The highest BCUT2D eigenvalue weighted by Gasteiger charge is 2.47. The maximum Gasteiger partial charge on any atom is 0.459 e. The van der Waals surface area contributed by atoms with Gasteiger partial charge in [0.05, 0.1) is 20.0 Å². The van der Waals surface area contributed by atoms with E-state index in [9.17, 15) is 14.5 Å². The molecule has 3 heterocycles. The molecule has 0 aliphatic carbocycles. The molecule has 0 bridgehead atoms. The van der Waals surface area contributed by atoms with Crippen LogP contribution < -0.4 is 20.1 Å². The predicted molar refractivity (Wildman–Crippen MR) is 151 cm³/mol. The summed E-state index contributed by atoms with van der Waals surface area (Å²) in [5.74, 6) is -0.597. The van der Waals surface area contributed by atoms with Crippen molar-refractivity contribution in [2.75, 3.05) is 19.5 Å². The molecule has 5 rings (SSSR count). The number of nitrogens with one attached hydrogen (secondary N) is 1. The fourth-order valence-corrected chi connectivity index (χ4v) is 5.83. The summed E-state index contributed by atoms with van der Waals surface area (Å²) >= 11 is 0. The molecular formula is C27H30FN6O8P. The number of methoxy groups -OCH3 is 1. The number of esters is 1. The molecule has 43 heavy (non-hydrogen) atoms. The van der Waals surface area contributed by atoms with E-state index in [-0.39, 0.29) is 35.3 Å². The number of para-hydroxylation sites is 1. The van der Waals surface area contributed by atoms with E-state index in [1.165, 1.54) is 37.1 Å². The molecule has 1 fully saturated rings. The minimum Gasteiger partial charge on any atom is -0.479 e. The monoisotopic (exact) mass is 616 g/mol. The number of nitrogens with two attached hydrogens (primary N) is 1. The number of imidazole rings is 1. The lowest BCUT2D eigenvalue weighted by atomic mass is 10.1. The Kier molecular flexibility index (Phi) is 9.18. The lowest BCUT2D eigenvalue weighted by Crippen LogP contribution is -2.37. The van der Waals surface area contributed by atoms with E-state index in [1.54, 1.807) is 30.3 Å². The Bertz CT molecular complexity index is 1600. The number of hydrogen-bond donors (Lipinski definition) is 3. The molecule has 0 radical (unpaired) electrons. The van der Waals surface area contributed by atoms with Crippen molar-refractivity contribution < 1.29 is 42.1 Å². The van der Waals surface area contributed by atoms with Gasteiger partial charge in [-0.3, -0.25) is 13.9 Å². The lowest BCUT2D eigenvalue weighted by molar-refractivity contribution is -0.146. The predicted octanol–water partition coefficient (Wildman–Crippen LogP) is 2.94. The van der Waals surface area contributed by atoms with Gasteiger partial charge >= 0.3 is 13.7 Å². The van der Waals surface area contributed by atoms with Gasteiger partial charge in [-0.15, -0.1) is 0 Å². The first kappa shape index (κ1) is 30.3. The number of rotatable bonds is 12. The zero-order valence-electron chi connectivity index (χ0n) is 23.1. The van der Waals surface area contributed by atoms with Crippen LogP contribution in [0.4, 0.5) is 10.3 Å². The van der Waals surface area contributed by atoms with Crippen LogP contribution >= 0.6 is 7.75 Å². The highest BCUT2D eigenvalue weighted by Crippen LogP contribution is 2.46. The van der Waals surface area contributed by atoms with Crippen LogP contribution in [0.5, 0.6) is 11.6 Å². The van der Waals surface area contributed by atoms with Crippen LogP contribution in [-0.2, 0) is 30.0 Å². The van der Waals surface area contributed by atoms with Crippen LogP contribution in [0.25, 0.3) is 11.2 Å². The summed E-state index contributed by atoms with van der Waals surface area (Å²) in [4.78, 5) is 24.9. The summed E-state index contributed by atoms with van der Waals surface area (Å²) < 4.78 is 57.9. The molecule has 0 spiro atoms. The Morgan fingerprint density at radius 2 is 1.88 bits per heavy atom. The second-order valence-electron chi connectivity index (χ2n) is 9.56. The van der Waals surface area contributed by atoms with Crippen molar-refractivity contribution in [2.24, 2.45) is 0 Å². The third kappa shape index (κ3) is 6.92. The third-order valence-corrected chi connectivity index (χ3v) is 8.12. The molecule has 4 aromatic rings. The number of nitrogen functional groups attached to an aromatic ring is 1. The molecule has 0 amide bonds. The number of nitrogens with zero attached hydrogens (tertiary/aromatic N) is 4. The fraction of sp³-hybridized carbons (Fsp3) is 0.333. The summed E-state index contributed by atoms with van der Waals surface area (Å²) in [6.45, 7) is 0.857. The third-order valence-electron chi connectivity index (χ3n) is 6.47. The van der Waals surface area contributed by atoms with E-state index in [4.69, 9.17) is 29.0 Å². The van der Waals surface area contributed by atoms with Crippen molar-refractivity contribution in [3.63, 3.8) is 0 Å². The molecule has 1 aliphatic rings. The summed E-state index contributed by atoms with van der Waals surface area (Å²) in [6.07, 6.45) is -5.08. The molecule has 4 N–H and O–H groups in total. The van der Waals surface area contributed by atoms with E-state index < -0.39 is 51.0 Å². The highest BCUT2D eigenvalue weighted by molar-refractivity contribution is 7.52. The van der Waals surface area contributed by atoms with Crippen LogP contribution in [0.3, 0.4) is 0 Å². The lowest BCUT2D eigenvalue weighted by Gasteiger charge is -2.24. The molecule has 228 valence electrons. The molecule has 16 heteroatoms. The van der Waals surface area contributed by atoms with Gasteiger partial charge in [0.15, 0.2) is 23.6 Å². The van der Waals surface area contributed by atoms with Crippen molar-refractivity contribution in [3.8, 4) is 11.6 Å². The summed E-state index contributed by atoms with van der Waals surface area (Å²) in [7, 11) is -2.95. The minimum absolute atomic E-state index is 0.00313.